The molecule has 1 heterocycles. The van der Waals surface area contributed by atoms with Gasteiger partial charge in [-0.25, -0.2) is 0 Å². The lowest BCUT2D eigenvalue weighted by atomic mass is 10.1. The molecule has 2 nitrogen and oxygen atoms in total. The fourth-order valence-corrected chi connectivity index (χ4v) is 0.970. The Morgan fingerprint density at radius 3 is 3.00 bits per heavy atom. The summed E-state index contributed by atoms with van der Waals surface area (Å²) in [5, 5.41) is 0. The van der Waals surface area contributed by atoms with Crippen LogP contribution in [0.3, 0.4) is 0 Å². The SMILES string of the molecule is COCCc1cnccc1C. The van der Waals surface area contributed by atoms with Gasteiger partial charge in [-0.05, 0) is 30.5 Å². The van der Waals surface area contributed by atoms with E-state index in [-0.39, 0.29) is 0 Å². The Labute approximate surface area is 67.2 Å². The second-order valence-corrected chi connectivity index (χ2v) is 2.54. The molecule has 0 saturated heterocycles. The number of nitrogens with zero attached hydrogens (tertiary/aromatic N) is 1. The molecule has 2 heteroatoms. The van der Waals surface area contributed by atoms with Gasteiger partial charge in [-0.15, -0.1) is 0 Å². The second-order valence-electron chi connectivity index (χ2n) is 2.54. The molecule has 0 radical (unpaired) electrons. The third-order valence-electron chi connectivity index (χ3n) is 1.72. The van der Waals surface area contributed by atoms with Crippen LogP contribution in [0.1, 0.15) is 11.1 Å². The van der Waals surface area contributed by atoms with E-state index < -0.39 is 0 Å². The van der Waals surface area contributed by atoms with E-state index in [0.29, 0.717) is 0 Å². The summed E-state index contributed by atoms with van der Waals surface area (Å²) in [6, 6.07) is 2.02. The summed E-state index contributed by atoms with van der Waals surface area (Å²) in [4.78, 5) is 4.04. The van der Waals surface area contributed by atoms with Gasteiger partial charge in [-0.2, -0.15) is 0 Å². The van der Waals surface area contributed by atoms with Gasteiger partial charge in [0, 0.05) is 19.5 Å². The lowest BCUT2D eigenvalue weighted by molar-refractivity contribution is 0.202. The number of rotatable bonds is 3. The Bertz CT molecular complexity index is 223. The van der Waals surface area contributed by atoms with Crippen molar-refractivity contribution in [2.24, 2.45) is 0 Å². The van der Waals surface area contributed by atoms with E-state index in [4.69, 9.17) is 4.74 Å². The molecule has 0 unspecified atom stereocenters. The molecule has 0 N–H and O–H groups in total. The predicted molar refractivity (Wildman–Crippen MR) is 44.6 cm³/mol. The van der Waals surface area contributed by atoms with Crippen molar-refractivity contribution in [3.63, 3.8) is 0 Å². The minimum absolute atomic E-state index is 0.770. The first-order chi connectivity index (χ1) is 5.34. The highest BCUT2D eigenvalue weighted by Gasteiger charge is 1.95. The molecule has 1 aromatic heterocycles. The lowest BCUT2D eigenvalue weighted by Crippen LogP contribution is -1.97. The van der Waals surface area contributed by atoms with Gasteiger partial charge in [-0.1, -0.05) is 0 Å². The Balaban J connectivity index is 2.62. The van der Waals surface area contributed by atoms with Crippen LogP contribution < -0.4 is 0 Å². The van der Waals surface area contributed by atoms with Gasteiger partial charge in [-0.3, -0.25) is 4.98 Å². The van der Waals surface area contributed by atoms with Crippen LogP contribution in [0.15, 0.2) is 18.5 Å². The van der Waals surface area contributed by atoms with E-state index in [1.807, 2.05) is 18.5 Å². The maximum Gasteiger partial charge on any atom is 0.0503 e. The van der Waals surface area contributed by atoms with Gasteiger partial charge in [0.05, 0.1) is 6.61 Å². The zero-order chi connectivity index (χ0) is 8.10. The van der Waals surface area contributed by atoms with E-state index in [1.54, 1.807) is 7.11 Å². The highest BCUT2D eigenvalue weighted by molar-refractivity contribution is 5.21. The quantitative estimate of drug-likeness (QED) is 0.654. The Morgan fingerprint density at radius 1 is 1.55 bits per heavy atom. The van der Waals surface area contributed by atoms with E-state index >= 15 is 0 Å². The van der Waals surface area contributed by atoms with E-state index in [1.165, 1.54) is 11.1 Å². The van der Waals surface area contributed by atoms with Crippen LogP contribution in [0.25, 0.3) is 0 Å². The van der Waals surface area contributed by atoms with Gasteiger partial charge in [0.15, 0.2) is 0 Å². The molecular formula is C9H13NO. The molecule has 11 heavy (non-hydrogen) atoms. The summed E-state index contributed by atoms with van der Waals surface area (Å²) in [6.45, 7) is 2.86. The molecule has 0 aliphatic heterocycles. The van der Waals surface area contributed by atoms with Crippen LogP contribution >= 0.6 is 0 Å². The van der Waals surface area contributed by atoms with E-state index in [2.05, 4.69) is 11.9 Å². The largest absolute Gasteiger partial charge is 0.384 e. The molecular weight excluding hydrogens is 138 g/mol. The summed E-state index contributed by atoms with van der Waals surface area (Å²) < 4.78 is 4.97. The van der Waals surface area contributed by atoms with Crippen molar-refractivity contribution >= 4 is 0 Å². The first-order valence-corrected chi connectivity index (χ1v) is 3.73. The van der Waals surface area contributed by atoms with E-state index in [9.17, 15) is 0 Å². The van der Waals surface area contributed by atoms with E-state index in [0.717, 1.165) is 13.0 Å². The minimum Gasteiger partial charge on any atom is -0.384 e. The Hall–Kier alpha value is -0.890. The van der Waals surface area contributed by atoms with Crippen LogP contribution in [0.2, 0.25) is 0 Å². The molecule has 0 spiro atoms. The van der Waals surface area contributed by atoms with Crippen LogP contribution in [0, 0.1) is 6.92 Å². The molecule has 0 aliphatic carbocycles. The standard InChI is InChI=1S/C9H13NO/c1-8-3-5-10-7-9(8)4-6-11-2/h3,5,7H,4,6H2,1-2H3. The highest BCUT2D eigenvalue weighted by atomic mass is 16.5. The normalized spacial score (nSPS) is 10.0. The first-order valence-electron chi connectivity index (χ1n) is 3.73. The van der Waals surface area contributed by atoms with Gasteiger partial charge in [0.2, 0.25) is 0 Å². The average molecular weight is 151 g/mol. The Morgan fingerprint density at radius 2 is 2.36 bits per heavy atom. The molecule has 0 atom stereocenters. The summed E-state index contributed by atoms with van der Waals surface area (Å²) in [6.07, 6.45) is 4.66. The van der Waals surface area contributed by atoms with Crippen LogP contribution in [-0.2, 0) is 11.2 Å². The zero-order valence-electron chi connectivity index (χ0n) is 7.00. The number of pyridine rings is 1. The van der Waals surface area contributed by atoms with Crippen LogP contribution in [-0.4, -0.2) is 18.7 Å². The molecule has 0 aliphatic rings. The maximum absolute atomic E-state index is 4.97. The van der Waals surface area contributed by atoms with Crippen LogP contribution in [0.5, 0.6) is 0 Å². The van der Waals surface area contributed by atoms with Gasteiger partial charge >= 0.3 is 0 Å². The van der Waals surface area contributed by atoms with Gasteiger partial charge < -0.3 is 4.74 Å². The first kappa shape index (κ1) is 8.21. The van der Waals surface area contributed by atoms with Gasteiger partial charge in [0.25, 0.3) is 0 Å². The molecule has 1 aromatic rings. The molecule has 0 saturated carbocycles. The average Bonchev–Trinajstić information content (AvgIpc) is 2.03. The maximum atomic E-state index is 4.97. The summed E-state index contributed by atoms with van der Waals surface area (Å²) in [5.74, 6) is 0. The van der Waals surface area contributed by atoms with Crippen LogP contribution in [0.4, 0.5) is 0 Å². The van der Waals surface area contributed by atoms with Crippen molar-refractivity contribution in [1.82, 2.24) is 4.98 Å². The number of hydrogen-bond acceptors (Lipinski definition) is 2. The van der Waals surface area contributed by atoms with Crippen molar-refractivity contribution in [2.45, 2.75) is 13.3 Å². The molecule has 0 amide bonds. The molecule has 0 aromatic carbocycles. The molecule has 0 bridgehead atoms. The van der Waals surface area contributed by atoms with Crippen molar-refractivity contribution in [2.75, 3.05) is 13.7 Å². The topological polar surface area (TPSA) is 22.1 Å². The predicted octanol–water partition coefficient (Wildman–Crippen LogP) is 1.58. The highest BCUT2D eigenvalue weighted by Crippen LogP contribution is 2.04. The third kappa shape index (κ3) is 2.31. The number of ether oxygens (including phenoxy) is 1. The summed E-state index contributed by atoms with van der Waals surface area (Å²) in [7, 11) is 1.71. The summed E-state index contributed by atoms with van der Waals surface area (Å²) >= 11 is 0. The number of methoxy groups -OCH3 is 1. The summed E-state index contributed by atoms with van der Waals surface area (Å²) in [5.41, 5.74) is 2.56. The molecule has 0 fully saturated rings. The zero-order valence-corrected chi connectivity index (χ0v) is 7.00. The fourth-order valence-electron chi connectivity index (χ4n) is 0.970. The monoisotopic (exact) mass is 151 g/mol. The number of aryl methyl sites for hydroxylation is 1. The van der Waals surface area contributed by atoms with Crippen molar-refractivity contribution < 1.29 is 4.74 Å². The van der Waals surface area contributed by atoms with Crippen molar-refractivity contribution in [3.05, 3.63) is 29.6 Å². The fraction of sp³-hybridized carbons (Fsp3) is 0.444. The van der Waals surface area contributed by atoms with Gasteiger partial charge in [0.1, 0.15) is 0 Å². The Kier molecular flexibility index (Phi) is 3.05. The number of hydrogen-bond donors (Lipinski definition) is 0. The van der Waals surface area contributed by atoms with Crippen molar-refractivity contribution in [3.8, 4) is 0 Å². The second kappa shape index (κ2) is 4.09. The van der Waals surface area contributed by atoms with Crippen molar-refractivity contribution in [1.29, 1.82) is 0 Å². The minimum atomic E-state index is 0.770. The molecule has 1 rings (SSSR count). The number of aromatic nitrogens is 1. The smallest absolute Gasteiger partial charge is 0.0503 e. The third-order valence-corrected chi connectivity index (χ3v) is 1.72. The lowest BCUT2D eigenvalue weighted by Gasteiger charge is -2.02. The molecule has 60 valence electrons.